The standard InChI is InChI=1S/C17H25F3N4OS/c1-12-8-14(23-6-7-25-11-13(23)2)9-16(21-12)24-5-4-22(26-3)10-15(24)17(18,19)20/h8-9,13,15,21H,1,4-7,10-11H2,2-3H3. The second-order valence-corrected chi connectivity index (χ2v) is 7.57. The number of rotatable bonds is 3. The second-order valence-electron chi connectivity index (χ2n) is 6.69. The molecule has 0 aliphatic carbocycles. The molecular weight excluding hydrogens is 365 g/mol. The van der Waals surface area contributed by atoms with Gasteiger partial charge in [0.05, 0.1) is 13.2 Å². The molecule has 2 fully saturated rings. The molecule has 0 spiro atoms. The molecule has 0 aromatic carbocycles. The van der Waals surface area contributed by atoms with Crippen molar-refractivity contribution >= 4 is 11.9 Å². The summed E-state index contributed by atoms with van der Waals surface area (Å²) in [6.45, 7) is 8.76. The van der Waals surface area contributed by atoms with Crippen molar-refractivity contribution in [3.8, 4) is 0 Å². The van der Waals surface area contributed by atoms with E-state index in [-0.39, 0.29) is 12.6 Å². The number of ether oxygens (including phenoxy) is 1. The maximum atomic E-state index is 13.7. The fraction of sp³-hybridized carbons (Fsp3) is 0.647. The van der Waals surface area contributed by atoms with Gasteiger partial charge in [-0.05, 0) is 19.3 Å². The van der Waals surface area contributed by atoms with Gasteiger partial charge >= 0.3 is 6.18 Å². The third-order valence-corrected chi connectivity index (χ3v) is 5.73. The van der Waals surface area contributed by atoms with Crippen molar-refractivity contribution in [3.63, 3.8) is 0 Å². The van der Waals surface area contributed by atoms with Gasteiger partial charge in [-0.25, -0.2) is 4.31 Å². The van der Waals surface area contributed by atoms with Crippen LogP contribution < -0.4 is 5.32 Å². The van der Waals surface area contributed by atoms with Gasteiger partial charge in [-0.1, -0.05) is 18.5 Å². The van der Waals surface area contributed by atoms with Crippen LogP contribution >= 0.6 is 11.9 Å². The normalized spacial score (nSPS) is 28.6. The molecule has 1 N–H and O–H groups in total. The Morgan fingerprint density at radius 1 is 1.23 bits per heavy atom. The van der Waals surface area contributed by atoms with Gasteiger partial charge in [0, 0.05) is 49.7 Å². The molecule has 3 aliphatic rings. The van der Waals surface area contributed by atoms with Crippen molar-refractivity contribution < 1.29 is 17.9 Å². The topological polar surface area (TPSA) is 31.0 Å². The van der Waals surface area contributed by atoms with Crippen molar-refractivity contribution in [1.29, 1.82) is 0 Å². The molecule has 0 bridgehead atoms. The number of piperazine rings is 1. The summed E-state index contributed by atoms with van der Waals surface area (Å²) in [4.78, 5) is 3.59. The molecule has 9 heteroatoms. The third-order valence-electron chi connectivity index (χ3n) is 4.88. The molecular formula is C17H25F3N4OS. The molecule has 2 atom stereocenters. The first-order valence-corrected chi connectivity index (χ1v) is 9.84. The fourth-order valence-corrected chi connectivity index (χ4v) is 4.07. The van der Waals surface area contributed by atoms with Crippen molar-refractivity contribution in [3.05, 3.63) is 35.9 Å². The van der Waals surface area contributed by atoms with E-state index >= 15 is 0 Å². The lowest BCUT2D eigenvalue weighted by atomic mass is 10.1. The minimum absolute atomic E-state index is 0.0524. The molecule has 26 heavy (non-hydrogen) atoms. The largest absolute Gasteiger partial charge is 0.410 e. The Hall–Kier alpha value is -1.32. The highest BCUT2D eigenvalue weighted by Gasteiger charge is 2.47. The Balaban J connectivity index is 1.86. The maximum absolute atomic E-state index is 13.7. The molecule has 146 valence electrons. The van der Waals surface area contributed by atoms with E-state index in [0.717, 1.165) is 5.70 Å². The zero-order valence-electron chi connectivity index (χ0n) is 15.1. The molecule has 2 unspecified atom stereocenters. The van der Waals surface area contributed by atoms with Gasteiger partial charge in [-0.2, -0.15) is 13.2 Å². The Labute approximate surface area is 156 Å². The van der Waals surface area contributed by atoms with E-state index in [1.807, 2.05) is 25.3 Å². The summed E-state index contributed by atoms with van der Waals surface area (Å²) in [5.41, 5.74) is 1.48. The zero-order valence-corrected chi connectivity index (χ0v) is 15.9. The Morgan fingerprint density at radius 2 is 2.00 bits per heavy atom. The SMILES string of the molecule is C=C1C=C(N2CCOCC2C)C=C(N2CCN(SC)CC2C(F)(F)F)N1. The summed E-state index contributed by atoms with van der Waals surface area (Å²) in [5, 5.41) is 3.04. The van der Waals surface area contributed by atoms with Gasteiger partial charge in [-0.3, -0.25) is 0 Å². The van der Waals surface area contributed by atoms with Gasteiger partial charge in [0.25, 0.3) is 0 Å². The van der Waals surface area contributed by atoms with Gasteiger partial charge in [-0.15, -0.1) is 0 Å². The fourth-order valence-electron chi connectivity index (χ4n) is 3.52. The van der Waals surface area contributed by atoms with E-state index in [1.165, 1.54) is 16.8 Å². The summed E-state index contributed by atoms with van der Waals surface area (Å²) < 4.78 is 48.2. The highest BCUT2D eigenvalue weighted by molar-refractivity contribution is 7.96. The number of allylic oxidation sites excluding steroid dienone is 2. The van der Waals surface area contributed by atoms with E-state index < -0.39 is 12.2 Å². The first-order chi connectivity index (χ1) is 12.3. The monoisotopic (exact) mass is 390 g/mol. The quantitative estimate of drug-likeness (QED) is 0.745. The highest BCUT2D eigenvalue weighted by atomic mass is 32.2. The number of alkyl halides is 3. The number of dihydropyridines is 1. The van der Waals surface area contributed by atoms with Crippen molar-refractivity contribution in [2.75, 3.05) is 45.6 Å². The van der Waals surface area contributed by atoms with Crippen LogP contribution in [-0.2, 0) is 4.74 Å². The van der Waals surface area contributed by atoms with E-state index in [2.05, 4.69) is 16.8 Å². The smallest absolute Gasteiger partial charge is 0.377 e. The maximum Gasteiger partial charge on any atom is 0.410 e. The highest BCUT2D eigenvalue weighted by Crippen LogP contribution is 2.33. The molecule has 3 aliphatic heterocycles. The first-order valence-electron chi connectivity index (χ1n) is 8.65. The summed E-state index contributed by atoms with van der Waals surface area (Å²) in [6, 6.07) is -1.37. The minimum atomic E-state index is -4.30. The molecule has 5 nitrogen and oxygen atoms in total. The number of morpholine rings is 1. The Bertz CT molecular complexity index is 607. The third kappa shape index (κ3) is 4.15. The van der Waals surface area contributed by atoms with Crippen LogP contribution in [0.25, 0.3) is 0 Å². The zero-order chi connectivity index (χ0) is 18.9. The van der Waals surface area contributed by atoms with Crippen LogP contribution in [0.3, 0.4) is 0 Å². The summed E-state index contributed by atoms with van der Waals surface area (Å²) >= 11 is 1.35. The summed E-state index contributed by atoms with van der Waals surface area (Å²) in [6.07, 6.45) is 1.20. The number of hydrogen-bond acceptors (Lipinski definition) is 6. The van der Waals surface area contributed by atoms with Crippen LogP contribution in [0.2, 0.25) is 0 Å². The van der Waals surface area contributed by atoms with Gasteiger partial charge in [0.2, 0.25) is 0 Å². The second kappa shape index (κ2) is 7.74. The molecule has 0 radical (unpaired) electrons. The Morgan fingerprint density at radius 3 is 2.65 bits per heavy atom. The molecule has 3 heterocycles. The molecule has 0 amide bonds. The van der Waals surface area contributed by atoms with Crippen molar-refractivity contribution in [2.45, 2.75) is 25.2 Å². The van der Waals surface area contributed by atoms with E-state index in [4.69, 9.17) is 4.74 Å². The predicted molar refractivity (Wildman–Crippen MR) is 97.1 cm³/mol. The molecule has 0 aromatic rings. The average Bonchev–Trinajstić information content (AvgIpc) is 2.60. The van der Waals surface area contributed by atoms with Gasteiger partial charge in [0.15, 0.2) is 0 Å². The van der Waals surface area contributed by atoms with E-state index in [9.17, 15) is 13.2 Å². The van der Waals surface area contributed by atoms with Crippen LogP contribution in [0.4, 0.5) is 13.2 Å². The molecule has 3 rings (SSSR count). The van der Waals surface area contributed by atoms with Gasteiger partial charge in [0.1, 0.15) is 11.9 Å². The van der Waals surface area contributed by atoms with Gasteiger partial charge < -0.3 is 19.9 Å². The number of nitrogens with one attached hydrogen (secondary N) is 1. The summed E-state index contributed by atoms with van der Waals surface area (Å²) in [5.74, 6) is 0.467. The van der Waals surface area contributed by atoms with E-state index in [1.54, 1.807) is 4.31 Å². The molecule has 0 saturated carbocycles. The Kier molecular flexibility index (Phi) is 5.78. The lowest BCUT2D eigenvalue weighted by molar-refractivity contribution is -0.187. The van der Waals surface area contributed by atoms with Crippen molar-refractivity contribution in [2.24, 2.45) is 0 Å². The number of nitrogens with zero attached hydrogens (tertiary/aromatic N) is 3. The van der Waals surface area contributed by atoms with Crippen LogP contribution in [-0.4, -0.2) is 78.0 Å². The lowest BCUT2D eigenvalue weighted by Crippen LogP contribution is -2.58. The summed E-state index contributed by atoms with van der Waals surface area (Å²) in [7, 11) is 0. The number of halogens is 3. The van der Waals surface area contributed by atoms with Crippen LogP contribution in [0.1, 0.15) is 6.92 Å². The number of hydrogen-bond donors (Lipinski definition) is 1. The van der Waals surface area contributed by atoms with Crippen LogP contribution in [0.5, 0.6) is 0 Å². The van der Waals surface area contributed by atoms with Crippen LogP contribution in [0, 0.1) is 0 Å². The first kappa shape index (κ1) is 19.4. The van der Waals surface area contributed by atoms with E-state index in [0.29, 0.717) is 44.4 Å². The average molecular weight is 390 g/mol. The predicted octanol–water partition coefficient (Wildman–Crippen LogP) is 2.38. The molecule has 0 aromatic heterocycles. The lowest BCUT2D eigenvalue weighted by Gasteiger charge is -2.45. The van der Waals surface area contributed by atoms with Crippen LogP contribution in [0.15, 0.2) is 35.9 Å². The van der Waals surface area contributed by atoms with Crippen molar-refractivity contribution in [1.82, 2.24) is 19.4 Å². The molecule has 2 saturated heterocycles. The minimum Gasteiger partial charge on any atom is -0.377 e.